The van der Waals surface area contributed by atoms with Gasteiger partial charge in [-0.1, -0.05) is 46.5 Å². The molecule has 1 aromatic carbocycles. The number of benzene rings is 1. The van der Waals surface area contributed by atoms with Gasteiger partial charge in [0.25, 0.3) is 0 Å². The van der Waals surface area contributed by atoms with Gasteiger partial charge in [-0.25, -0.2) is 0 Å². The molecule has 0 N–H and O–H groups in total. The van der Waals surface area contributed by atoms with E-state index in [1.165, 1.54) is 55.2 Å². The predicted octanol–water partition coefficient (Wildman–Crippen LogP) is 5.50. The van der Waals surface area contributed by atoms with Crippen molar-refractivity contribution in [3.63, 3.8) is 0 Å². The average Bonchev–Trinajstić information content (AvgIpc) is 2.80. The maximum absolute atomic E-state index is 3.93. The van der Waals surface area contributed by atoms with Crippen LogP contribution in [0.1, 0.15) is 54.4 Å². The fourth-order valence-electron chi connectivity index (χ4n) is 3.44. The van der Waals surface area contributed by atoms with Crippen molar-refractivity contribution >= 4 is 15.9 Å². The Labute approximate surface area is 120 Å². The summed E-state index contributed by atoms with van der Waals surface area (Å²) in [6.07, 6.45) is 8.26. The van der Waals surface area contributed by atoms with Gasteiger partial charge in [0, 0.05) is 4.83 Å². The van der Waals surface area contributed by atoms with Crippen LogP contribution in [-0.4, -0.2) is 4.83 Å². The minimum atomic E-state index is 0.722. The molecule has 1 unspecified atom stereocenters. The molecule has 0 heterocycles. The highest BCUT2D eigenvalue weighted by molar-refractivity contribution is 9.09. The Bertz CT molecular complexity index is 379. The Balaban J connectivity index is 1.97. The third-order valence-electron chi connectivity index (χ3n) is 4.42. The van der Waals surface area contributed by atoms with Crippen molar-refractivity contribution < 1.29 is 0 Å². The van der Waals surface area contributed by atoms with Crippen molar-refractivity contribution in [3.8, 4) is 0 Å². The van der Waals surface area contributed by atoms with Gasteiger partial charge in [0.05, 0.1) is 0 Å². The first-order valence-corrected chi connectivity index (χ1v) is 8.20. The summed E-state index contributed by atoms with van der Waals surface area (Å²) in [5.74, 6) is 0.927. The highest BCUT2D eigenvalue weighted by Crippen LogP contribution is 2.34. The summed E-state index contributed by atoms with van der Waals surface area (Å²) in [5.41, 5.74) is 5.90. The fraction of sp³-hybridized carbons (Fsp3) is 0.647. The van der Waals surface area contributed by atoms with E-state index in [0.29, 0.717) is 0 Å². The summed E-state index contributed by atoms with van der Waals surface area (Å²) in [6, 6.07) is 4.64. The van der Waals surface area contributed by atoms with Crippen LogP contribution in [0.2, 0.25) is 0 Å². The summed E-state index contributed by atoms with van der Waals surface area (Å²) in [6.45, 7) is 6.71. The van der Waals surface area contributed by atoms with E-state index in [1.807, 2.05) is 0 Å². The van der Waals surface area contributed by atoms with Gasteiger partial charge in [-0.2, -0.15) is 0 Å². The molecule has 1 aliphatic carbocycles. The van der Waals surface area contributed by atoms with Gasteiger partial charge < -0.3 is 0 Å². The topological polar surface area (TPSA) is 0 Å². The second kappa shape index (κ2) is 6.23. The molecule has 1 saturated carbocycles. The zero-order valence-electron chi connectivity index (χ0n) is 11.9. The quantitative estimate of drug-likeness (QED) is 0.644. The fourth-order valence-corrected chi connectivity index (χ4v) is 4.20. The van der Waals surface area contributed by atoms with Crippen LogP contribution in [0.4, 0.5) is 0 Å². The van der Waals surface area contributed by atoms with Gasteiger partial charge in [-0.05, 0) is 69.1 Å². The molecule has 0 nitrogen and oxygen atoms in total. The standard InChI is InChI=1S/C17H25Br/c1-12-10-13(2)16(14(3)11-12)8-9-17(18)15-6-4-5-7-15/h10-11,15,17H,4-9H2,1-3H3. The Morgan fingerprint density at radius 1 is 1.11 bits per heavy atom. The molecule has 0 amide bonds. The van der Waals surface area contributed by atoms with Gasteiger partial charge in [0.15, 0.2) is 0 Å². The number of alkyl halides is 1. The molecule has 1 heteroatoms. The first kappa shape index (κ1) is 14.1. The Morgan fingerprint density at radius 2 is 1.67 bits per heavy atom. The molecular formula is C17H25Br. The summed E-state index contributed by atoms with van der Waals surface area (Å²) in [5, 5.41) is 0. The molecule has 1 aliphatic rings. The lowest BCUT2D eigenvalue weighted by molar-refractivity contribution is 0.505. The highest BCUT2D eigenvalue weighted by atomic mass is 79.9. The normalized spacial score (nSPS) is 18.2. The molecule has 1 fully saturated rings. The van der Waals surface area contributed by atoms with E-state index in [4.69, 9.17) is 0 Å². The first-order chi connectivity index (χ1) is 8.58. The number of aryl methyl sites for hydroxylation is 3. The number of hydrogen-bond acceptors (Lipinski definition) is 0. The second-order valence-electron chi connectivity index (χ2n) is 5.98. The molecule has 0 bridgehead atoms. The lowest BCUT2D eigenvalue weighted by atomic mass is 9.93. The zero-order chi connectivity index (χ0) is 13.1. The van der Waals surface area contributed by atoms with Gasteiger partial charge in [0.2, 0.25) is 0 Å². The number of hydrogen-bond donors (Lipinski definition) is 0. The summed E-state index contributed by atoms with van der Waals surface area (Å²) in [7, 11) is 0. The molecule has 1 atom stereocenters. The second-order valence-corrected chi connectivity index (χ2v) is 7.15. The minimum absolute atomic E-state index is 0.722. The van der Waals surface area contributed by atoms with E-state index in [-0.39, 0.29) is 0 Å². The van der Waals surface area contributed by atoms with E-state index < -0.39 is 0 Å². The first-order valence-electron chi connectivity index (χ1n) is 7.28. The molecule has 1 aromatic rings. The Morgan fingerprint density at radius 3 is 2.22 bits per heavy atom. The monoisotopic (exact) mass is 308 g/mol. The van der Waals surface area contributed by atoms with Crippen LogP contribution in [0, 0.1) is 26.7 Å². The van der Waals surface area contributed by atoms with Crippen LogP contribution < -0.4 is 0 Å². The smallest absolute Gasteiger partial charge is 0.0177 e. The Kier molecular flexibility index (Phi) is 4.89. The van der Waals surface area contributed by atoms with Crippen LogP contribution in [-0.2, 0) is 6.42 Å². The van der Waals surface area contributed by atoms with Gasteiger partial charge in [-0.3, -0.25) is 0 Å². The maximum Gasteiger partial charge on any atom is 0.0177 e. The van der Waals surface area contributed by atoms with E-state index in [0.717, 1.165) is 10.7 Å². The summed E-state index contributed by atoms with van der Waals surface area (Å²) in [4.78, 5) is 0.722. The minimum Gasteiger partial charge on any atom is -0.0888 e. The van der Waals surface area contributed by atoms with Crippen LogP contribution in [0.25, 0.3) is 0 Å². The number of rotatable bonds is 4. The van der Waals surface area contributed by atoms with E-state index >= 15 is 0 Å². The molecule has 100 valence electrons. The highest BCUT2D eigenvalue weighted by Gasteiger charge is 2.22. The molecule has 2 rings (SSSR count). The lowest BCUT2D eigenvalue weighted by Gasteiger charge is -2.18. The molecule has 0 saturated heterocycles. The summed E-state index contributed by atoms with van der Waals surface area (Å²) >= 11 is 3.93. The van der Waals surface area contributed by atoms with Crippen molar-refractivity contribution in [2.75, 3.05) is 0 Å². The largest absolute Gasteiger partial charge is 0.0888 e. The third-order valence-corrected chi connectivity index (χ3v) is 5.63. The summed E-state index contributed by atoms with van der Waals surface area (Å²) < 4.78 is 0. The Hall–Kier alpha value is -0.300. The lowest BCUT2D eigenvalue weighted by Crippen LogP contribution is -2.12. The van der Waals surface area contributed by atoms with E-state index in [9.17, 15) is 0 Å². The van der Waals surface area contributed by atoms with Crippen LogP contribution in [0.5, 0.6) is 0 Å². The number of halogens is 1. The molecule has 0 aromatic heterocycles. The van der Waals surface area contributed by atoms with Crippen LogP contribution in [0.15, 0.2) is 12.1 Å². The van der Waals surface area contributed by atoms with Gasteiger partial charge in [-0.15, -0.1) is 0 Å². The molecule has 0 radical (unpaired) electrons. The van der Waals surface area contributed by atoms with Crippen molar-refractivity contribution in [3.05, 3.63) is 34.4 Å². The molecule has 0 spiro atoms. The average molecular weight is 309 g/mol. The zero-order valence-corrected chi connectivity index (χ0v) is 13.5. The van der Waals surface area contributed by atoms with E-state index in [2.05, 4.69) is 48.8 Å². The third kappa shape index (κ3) is 3.38. The molecule has 0 aliphatic heterocycles. The van der Waals surface area contributed by atoms with Crippen molar-refractivity contribution in [1.29, 1.82) is 0 Å². The van der Waals surface area contributed by atoms with Gasteiger partial charge >= 0.3 is 0 Å². The van der Waals surface area contributed by atoms with Gasteiger partial charge in [0.1, 0.15) is 0 Å². The van der Waals surface area contributed by atoms with Crippen LogP contribution in [0.3, 0.4) is 0 Å². The predicted molar refractivity (Wildman–Crippen MR) is 83.6 cm³/mol. The van der Waals surface area contributed by atoms with Crippen molar-refractivity contribution in [2.45, 2.75) is 64.1 Å². The van der Waals surface area contributed by atoms with E-state index in [1.54, 1.807) is 5.56 Å². The molecule has 18 heavy (non-hydrogen) atoms. The molecular weight excluding hydrogens is 284 g/mol. The maximum atomic E-state index is 3.93. The van der Waals surface area contributed by atoms with Crippen molar-refractivity contribution in [2.24, 2.45) is 5.92 Å². The SMILES string of the molecule is Cc1cc(C)c(CCC(Br)C2CCCC2)c(C)c1. The van der Waals surface area contributed by atoms with Crippen molar-refractivity contribution in [1.82, 2.24) is 0 Å². The van der Waals surface area contributed by atoms with Crippen LogP contribution >= 0.6 is 15.9 Å².